The van der Waals surface area contributed by atoms with Crippen molar-refractivity contribution in [3.8, 4) is 0 Å². The van der Waals surface area contributed by atoms with Crippen molar-refractivity contribution in [2.24, 2.45) is 0 Å². The molecule has 12 heavy (non-hydrogen) atoms. The standard InChI is InChI=1S/C6H8Cl3N3/c1-3(2)4-5(6(7,8)9)11-12-10-4/h3H,1-2H3,(H,10,11,12). The fraction of sp³-hybridized carbons (Fsp3) is 0.667. The normalized spacial score (nSPS) is 12.5. The minimum atomic E-state index is -1.49. The van der Waals surface area contributed by atoms with Crippen LogP contribution in [0, 0.1) is 0 Å². The predicted molar refractivity (Wildman–Crippen MR) is 49.7 cm³/mol. The van der Waals surface area contributed by atoms with Crippen molar-refractivity contribution in [3.05, 3.63) is 11.4 Å². The van der Waals surface area contributed by atoms with Crippen LogP contribution < -0.4 is 0 Å². The van der Waals surface area contributed by atoms with E-state index in [1.54, 1.807) is 0 Å². The Bertz CT molecular complexity index is 263. The Balaban J connectivity index is 3.08. The molecule has 1 aromatic rings. The highest BCUT2D eigenvalue weighted by atomic mass is 35.6. The summed E-state index contributed by atoms with van der Waals surface area (Å²) in [7, 11) is 0. The zero-order chi connectivity index (χ0) is 9.35. The fourth-order valence-electron chi connectivity index (χ4n) is 0.848. The quantitative estimate of drug-likeness (QED) is 0.751. The summed E-state index contributed by atoms with van der Waals surface area (Å²) >= 11 is 17.0. The monoisotopic (exact) mass is 227 g/mol. The third-order valence-electron chi connectivity index (χ3n) is 1.42. The van der Waals surface area contributed by atoms with E-state index in [1.807, 2.05) is 13.8 Å². The van der Waals surface area contributed by atoms with Crippen molar-refractivity contribution >= 4 is 34.8 Å². The number of nitrogens with zero attached hydrogens (tertiary/aromatic N) is 2. The molecule has 0 aliphatic heterocycles. The molecule has 1 heterocycles. The maximum atomic E-state index is 5.66. The van der Waals surface area contributed by atoms with E-state index in [9.17, 15) is 0 Å². The molecule has 68 valence electrons. The second-order valence-electron chi connectivity index (χ2n) is 2.73. The van der Waals surface area contributed by atoms with Crippen LogP contribution >= 0.6 is 34.8 Å². The molecule has 0 radical (unpaired) electrons. The molecule has 3 nitrogen and oxygen atoms in total. The maximum absolute atomic E-state index is 5.66. The van der Waals surface area contributed by atoms with Gasteiger partial charge in [-0.1, -0.05) is 53.9 Å². The molecule has 1 aromatic heterocycles. The van der Waals surface area contributed by atoms with Crippen molar-refractivity contribution in [3.63, 3.8) is 0 Å². The van der Waals surface area contributed by atoms with Crippen LogP contribution in [0.15, 0.2) is 0 Å². The summed E-state index contributed by atoms with van der Waals surface area (Å²) in [6.45, 7) is 3.93. The Morgan fingerprint density at radius 3 is 2.25 bits per heavy atom. The lowest BCUT2D eigenvalue weighted by molar-refractivity contribution is 0.797. The number of halogens is 3. The maximum Gasteiger partial charge on any atom is 0.236 e. The van der Waals surface area contributed by atoms with Gasteiger partial charge in [0.15, 0.2) is 0 Å². The second kappa shape index (κ2) is 3.40. The van der Waals surface area contributed by atoms with Crippen molar-refractivity contribution in [2.75, 3.05) is 0 Å². The molecule has 0 saturated heterocycles. The summed E-state index contributed by atoms with van der Waals surface area (Å²) in [5.74, 6) is 0.214. The number of aromatic nitrogens is 3. The van der Waals surface area contributed by atoms with E-state index in [4.69, 9.17) is 34.8 Å². The molecule has 1 N–H and O–H groups in total. The molecule has 0 saturated carbocycles. The van der Waals surface area contributed by atoms with Crippen LogP contribution in [0.1, 0.15) is 31.2 Å². The van der Waals surface area contributed by atoms with E-state index in [1.165, 1.54) is 0 Å². The third kappa shape index (κ3) is 2.03. The lowest BCUT2D eigenvalue weighted by Gasteiger charge is -2.10. The van der Waals surface area contributed by atoms with E-state index in [0.29, 0.717) is 5.69 Å². The molecule has 1 rings (SSSR count). The lowest BCUT2D eigenvalue weighted by Crippen LogP contribution is -2.06. The van der Waals surface area contributed by atoms with E-state index in [0.717, 1.165) is 5.69 Å². The highest BCUT2D eigenvalue weighted by Crippen LogP contribution is 2.39. The van der Waals surface area contributed by atoms with E-state index < -0.39 is 3.79 Å². The molecule has 0 unspecified atom stereocenters. The summed E-state index contributed by atoms with van der Waals surface area (Å²) in [6, 6.07) is 0. The fourth-order valence-corrected chi connectivity index (χ4v) is 1.27. The van der Waals surface area contributed by atoms with Gasteiger partial charge in [0.2, 0.25) is 3.79 Å². The van der Waals surface area contributed by atoms with Crippen LogP contribution in [-0.2, 0) is 3.79 Å². The summed E-state index contributed by atoms with van der Waals surface area (Å²) in [5, 5.41) is 9.99. The third-order valence-corrected chi connectivity index (χ3v) is 1.96. The Morgan fingerprint density at radius 1 is 1.33 bits per heavy atom. The molecule has 0 atom stereocenters. The van der Waals surface area contributed by atoms with Gasteiger partial charge >= 0.3 is 0 Å². The van der Waals surface area contributed by atoms with E-state index in [-0.39, 0.29) is 5.92 Å². The van der Waals surface area contributed by atoms with Crippen LogP contribution in [0.5, 0.6) is 0 Å². The number of alkyl halides is 3. The smallest absolute Gasteiger partial charge is 0.236 e. The molecular weight excluding hydrogens is 220 g/mol. The van der Waals surface area contributed by atoms with Gasteiger partial charge in [-0.25, -0.2) is 0 Å². The number of aromatic amines is 1. The van der Waals surface area contributed by atoms with Crippen LogP contribution in [0.25, 0.3) is 0 Å². The number of hydrogen-bond acceptors (Lipinski definition) is 2. The van der Waals surface area contributed by atoms with Gasteiger partial charge in [0.05, 0.1) is 5.69 Å². The van der Waals surface area contributed by atoms with Gasteiger partial charge in [-0.2, -0.15) is 0 Å². The zero-order valence-electron chi connectivity index (χ0n) is 6.61. The summed E-state index contributed by atoms with van der Waals surface area (Å²) in [4.78, 5) is 0. The second-order valence-corrected chi connectivity index (χ2v) is 5.01. The average Bonchev–Trinajstić information content (AvgIpc) is 2.30. The van der Waals surface area contributed by atoms with Gasteiger partial charge < -0.3 is 0 Å². The van der Waals surface area contributed by atoms with E-state index in [2.05, 4.69) is 15.4 Å². The first kappa shape index (κ1) is 10.1. The predicted octanol–water partition coefficient (Wildman–Crippen LogP) is 2.75. The first-order valence-corrected chi connectivity index (χ1v) is 4.54. The van der Waals surface area contributed by atoms with Gasteiger partial charge in [0, 0.05) is 0 Å². The van der Waals surface area contributed by atoms with Gasteiger partial charge in [0.1, 0.15) is 5.69 Å². The molecule has 0 aliphatic carbocycles. The van der Waals surface area contributed by atoms with Crippen LogP contribution in [-0.4, -0.2) is 15.4 Å². The number of rotatable bonds is 1. The molecular formula is C6H8Cl3N3. The van der Waals surface area contributed by atoms with Gasteiger partial charge in [-0.15, -0.1) is 5.10 Å². The SMILES string of the molecule is CC(C)c1[nH]nnc1C(Cl)(Cl)Cl. The molecule has 6 heteroatoms. The van der Waals surface area contributed by atoms with Crippen LogP contribution in [0.3, 0.4) is 0 Å². The number of nitrogens with one attached hydrogen (secondary N) is 1. The molecule has 0 spiro atoms. The van der Waals surface area contributed by atoms with E-state index >= 15 is 0 Å². The Kier molecular flexibility index (Phi) is 2.86. The van der Waals surface area contributed by atoms with Crippen LogP contribution in [0.4, 0.5) is 0 Å². The highest BCUT2D eigenvalue weighted by molar-refractivity contribution is 6.66. The first-order valence-electron chi connectivity index (χ1n) is 3.41. The van der Waals surface area contributed by atoms with Crippen LogP contribution in [0.2, 0.25) is 0 Å². The highest BCUT2D eigenvalue weighted by Gasteiger charge is 2.30. The summed E-state index contributed by atoms with van der Waals surface area (Å²) in [6.07, 6.45) is 0. The van der Waals surface area contributed by atoms with Gasteiger partial charge in [-0.3, -0.25) is 5.10 Å². The molecule has 0 aromatic carbocycles. The Morgan fingerprint density at radius 2 is 1.92 bits per heavy atom. The zero-order valence-corrected chi connectivity index (χ0v) is 8.87. The first-order chi connectivity index (χ1) is 5.43. The van der Waals surface area contributed by atoms with Crippen molar-refractivity contribution in [1.82, 2.24) is 15.4 Å². The summed E-state index contributed by atoms with van der Waals surface area (Å²) in [5.41, 5.74) is 1.14. The van der Waals surface area contributed by atoms with Crippen molar-refractivity contribution < 1.29 is 0 Å². The molecule has 0 fully saturated rings. The van der Waals surface area contributed by atoms with Crippen molar-refractivity contribution in [2.45, 2.75) is 23.6 Å². The molecule has 0 aliphatic rings. The molecule has 0 amide bonds. The number of hydrogen-bond donors (Lipinski definition) is 1. The van der Waals surface area contributed by atoms with Gasteiger partial charge in [-0.05, 0) is 5.92 Å². The average molecular weight is 229 g/mol. The Labute approximate surface area is 85.4 Å². The summed E-state index contributed by atoms with van der Waals surface area (Å²) < 4.78 is -1.49. The minimum absolute atomic E-state index is 0.214. The van der Waals surface area contributed by atoms with Gasteiger partial charge in [0.25, 0.3) is 0 Å². The largest absolute Gasteiger partial charge is 0.262 e. The number of H-pyrrole nitrogens is 1. The Hall–Kier alpha value is 0.01000. The minimum Gasteiger partial charge on any atom is -0.262 e. The molecule has 0 bridgehead atoms. The van der Waals surface area contributed by atoms with Crippen molar-refractivity contribution in [1.29, 1.82) is 0 Å². The lowest BCUT2D eigenvalue weighted by atomic mass is 10.1. The topological polar surface area (TPSA) is 41.6 Å².